The average molecular weight is 312 g/mol. The van der Waals surface area contributed by atoms with Gasteiger partial charge in [-0.1, -0.05) is 18.2 Å². The molecule has 0 fully saturated rings. The highest BCUT2D eigenvalue weighted by Gasteiger charge is 2.32. The molecule has 0 saturated heterocycles. The summed E-state index contributed by atoms with van der Waals surface area (Å²) in [6.45, 7) is -0.0582. The number of alkyl halides is 3. The molecule has 0 aliphatic heterocycles. The molecule has 2 N–H and O–H groups in total. The lowest BCUT2D eigenvalue weighted by atomic mass is 9.98. The molecule has 116 valence electrons. The first-order valence-electron chi connectivity index (χ1n) is 6.14. The smallest absolute Gasteiger partial charge is 0.405 e. The molecule has 0 amide bonds. The molecular formula is C14H11F3N2O3. The zero-order valence-electron chi connectivity index (χ0n) is 11.1. The summed E-state index contributed by atoms with van der Waals surface area (Å²) in [5, 5.41) is 10.8. The van der Waals surface area contributed by atoms with Crippen LogP contribution in [0.3, 0.4) is 0 Å². The van der Waals surface area contributed by atoms with E-state index in [4.69, 9.17) is 5.73 Å². The van der Waals surface area contributed by atoms with Crippen molar-refractivity contribution in [2.45, 2.75) is 12.9 Å². The number of non-ortho nitro benzene ring substituents is 1. The van der Waals surface area contributed by atoms with Gasteiger partial charge in [-0.15, -0.1) is 13.2 Å². The Bertz CT molecular complexity index is 702. The summed E-state index contributed by atoms with van der Waals surface area (Å²) in [6, 6.07) is 9.35. The van der Waals surface area contributed by atoms with Crippen molar-refractivity contribution in [2.24, 2.45) is 5.73 Å². The minimum atomic E-state index is -4.83. The molecule has 0 aliphatic carbocycles. The number of rotatable bonds is 4. The number of nitrogens with two attached hydrogens (primary N) is 1. The van der Waals surface area contributed by atoms with Gasteiger partial charge in [0.15, 0.2) is 0 Å². The molecule has 0 heterocycles. The second kappa shape index (κ2) is 6.02. The molecule has 2 rings (SSSR count). The Balaban J connectivity index is 2.55. The van der Waals surface area contributed by atoms with Gasteiger partial charge in [-0.25, -0.2) is 0 Å². The molecule has 0 aromatic heterocycles. The highest BCUT2D eigenvalue weighted by Crippen LogP contribution is 2.36. The Morgan fingerprint density at radius 3 is 2.41 bits per heavy atom. The van der Waals surface area contributed by atoms with E-state index in [2.05, 4.69) is 4.74 Å². The average Bonchev–Trinajstić information content (AvgIpc) is 2.45. The normalized spacial score (nSPS) is 11.3. The Hall–Kier alpha value is -2.61. The van der Waals surface area contributed by atoms with Crippen LogP contribution in [-0.2, 0) is 6.54 Å². The van der Waals surface area contributed by atoms with E-state index in [-0.39, 0.29) is 17.8 Å². The van der Waals surface area contributed by atoms with Crippen LogP contribution in [0.1, 0.15) is 5.56 Å². The summed E-state index contributed by atoms with van der Waals surface area (Å²) in [7, 11) is 0. The van der Waals surface area contributed by atoms with Crippen molar-refractivity contribution in [1.82, 2.24) is 0 Å². The third-order valence-corrected chi connectivity index (χ3v) is 2.92. The van der Waals surface area contributed by atoms with Crippen LogP contribution in [0, 0.1) is 10.1 Å². The van der Waals surface area contributed by atoms with Gasteiger partial charge < -0.3 is 10.5 Å². The number of benzene rings is 2. The number of nitro benzene ring substituents is 1. The van der Waals surface area contributed by atoms with Crippen LogP contribution < -0.4 is 10.5 Å². The summed E-state index contributed by atoms with van der Waals surface area (Å²) in [5.41, 5.74) is 6.24. The third kappa shape index (κ3) is 3.53. The first-order chi connectivity index (χ1) is 10.3. The van der Waals surface area contributed by atoms with Crippen LogP contribution in [0.4, 0.5) is 18.9 Å². The number of para-hydroxylation sites is 1. The predicted molar refractivity (Wildman–Crippen MR) is 73.1 cm³/mol. The van der Waals surface area contributed by atoms with Crippen LogP contribution in [0.5, 0.6) is 5.75 Å². The molecule has 22 heavy (non-hydrogen) atoms. The molecule has 8 heteroatoms. The van der Waals surface area contributed by atoms with E-state index in [1.807, 2.05) is 0 Å². The van der Waals surface area contributed by atoms with Crippen molar-refractivity contribution >= 4 is 5.69 Å². The van der Waals surface area contributed by atoms with Crippen molar-refractivity contribution < 1.29 is 22.8 Å². The molecule has 0 spiro atoms. The number of hydrogen-bond acceptors (Lipinski definition) is 4. The van der Waals surface area contributed by atoms with E-state index in [1.165, 1.54) is 36.4 Å². The van der Waals surface area contributed by atoms with E-state index in [0.29, 0.717) is 11.1 Å². The Morgan fingerprint density at radius 2 is 1.82 bits per heavy atom. The van der Waals surface area contributed by atoms with E-state index in [1.54, 1.807) is 6.07 Å². The van der Waals surface area contributed by atoms with Crippen LogP contribution in [0.25, 0.3) is 11.1 Å². The molecule has 2 aromatic rings. The molecule has 0 unspecified atom stereocenters. The molecular weight excluding hydrogens is 301 g/mol. The lowest BCUT2D eigenvalue weighted by molar-refractivity contribution is -0.384. The monoisotopic (exact) mass is 312 g/mol. The fourth-order valence-electron chi connectivity index (χ4n) is 2.03. The fourth-order valence-corrected chi connectivity index (χ4v) is 2.03. The summed E-state index contributed by atoms with van der Waals surface area (Å²) in [6.07, 6.45) is -4.83. The lowest BCUT2D eigenvalue weighted by Crippen LogP contribution is -2.17. The molecule has 0 saturated carbocycles. The SMILES string of the molecule is NCc1cc([N+](=O)[O-])ccc1-c1ccccc1OC(F)(F)F. The van der Waals surface area contributed by atoms with Gasteiger partial charge in [0.2, 0.25) is 0 Å². The van der Waals surface area contributed by atoms with Crippen LogP contribution in [0.15, 0.2) is 42.5 Å². The van der Waals surface area contributed by atoms with Crippen molar-refractivity contribution in [2.75, 3.05) is 0 Å². The van der Waals surface area contributed by atoms with Gasteiger partial charge in [0.05, 0.1) is 4.92 Å². The third-order valence-electron chi connectivity index (χ3n) is 2.92. The number of nitro groups is 1. The minimum absolute atomic E-state index is 0.0582. The van der Waals surface area contributed by atoms with Crippen molar-refractivity contribution in [3.63, 3.8) is 0 Å². The first-order valence-corrected chi connectivity index (χ1v) is 6.14. The minimum Gasteiger partial charge on any atom is -0.405 e. The quantitative estimate of drug-likeness (QED) is 0.691. The fraction of sp³-hybridized carbons (Fsp3) is 0.143. The molecule has 5 nitrogen and oxygen atoms in total. The summed E-state index contributed by atoms with van der Waals surface area (Å²) in [4.78, 5) is 10.2. The summed E-state index contributed by atoms with van der Waals surface area (Å²) < 4.78 is 41.3. The van der Waals surface area contributed by atoms with E-state index in [0.717, 1.165) is 0 Å². The molecule has 0 atom stereocenters. The number of hydrogen-bond donors (Lipinski definition) is 1. The molecule has 0 aliphatic rings. The van der Waals surface area contributed by atoms with E-state index < -0.39 is 17.0 Å². The Labute approximate surface area is 123 Å². The standard InChI is InChI=1S/C14H11F3N2O3/c15-14(16,17)22-13-4-2-1-3-12(13)11-6-5-10(19(20)21)7-9(11)8-18/h1-7H,8,18H2. The predicted octanol–water partition coefficient (Wildman–Crippen LogP) is 3.62. The first kappa shape index (κ1) is 15.8. The number of ether oxygens (including phenoxy) is 1. The largest absolute Gasteiger partial charge is 0.573 e. The zero-order valence-corrected chi connectivity index (χ0v) is 11.1. The van der Waals surface area contributed by atoms with Gasteiger partial charge in [-0.3, -0.25) is 10.1 Å². The van der Waals surface area contributed by atoms with E-state index >= 15 is 0 Å². The van der Waals surface area contributed by atoms with Crippen LogP contribution in [0.2, 0.25) is 0 Å². The van der Waals surface area contributed by atoms with Crippen LogP contribution in [-0.4, -0.2) is 11.3 Å². The number of nitrogens with zero attached hydrogens (tertiary/aromatic N) is 1. The van der Waals surface area contributed by atoms with Gasteiger partial charge in [-0.2, -0.15) is 0 Å². The van der Waals surface area contributed by atoms with Crippen molar-refractivity contribution in [3.8, 4) is 16.9 Å². The van der Waals surface area contributed by atoms with Gasteiger partial charge in [-0.05, 0) is 23.3 Å². The highest BCUT2D eigenvalue weighted by molar-refractivity contribution is 5.74. The maximum absolute atomic E-state index is 12.5. The maximum atomic E-state index is 12.5. The maximum Gasteiger partial charge on any atom is 0.573 e. The highest BCUT2D eigenvalue weighted by atomic mass is 19.4. The topological polar surface area (TPSA) is 78.4 Å². The Kier molecular flexibility index (Phi) is 4.32. The van der Waals surface area contributed by atoms with Crippen molar-refractivity contribution in [3.05, 3.63) is 58.1 Å². The zero-order chi connectivity index (χ0) is 16.3. The van der Waals surface area contributed by atoms with Crippen LogP contribution >= 0.6 is 0 Å². The van der Waals surface area contributed by atoms with E-state index in [9.17, 15) is 23.3 Å². The summed E-state index contributed by atoms with van der Waals surface area (Å²) in [5.74, 6) is -0.390. The second-order valence-electron chi connectivity index (χ2n) is 4.35. The molecule has 0 radical (unpaired) electrons. The van der Waals surface area contributed by atoms with Crippen molar-refractivity contribution in [1.29, 1.82) is 0 Å². The van der Waals surface area contributed by atoms with Gasteiger partial charge in [0.1, 0.15) is 5.75 Å². The summed E-state index contributed by atoms with van der Waals surface area (Å²) >= 11 is 0. The van der Waals surface area contributed by atoms with Gasteiger partial charge >= 0.3 is 6.36 Å². The molecule has 2 aromatic carbocycles. The van der Waals surface area contributed by atoms with Gasteiger partial charge in [0.25, 0.3) is 5.69 Å². The van der Waals surface area contributed by atoms with Gasteiger partial charge in [0, 0.05) is 24.2 Å². The lowest BCUT2D eigenvalue weighted by Gasteiger charge is -2.15. The number of halogens is 3. The molecule has 0 bridgehead atoms. The second-order valence-corrected chi connectivity index (χ2v) is 4.35. The Morgan fingerprint density at radius 1 is 1.14 bits per heavy atom.